The Bertz CT molecular complexity index is 1090. The minimum Gasteiger partial charge on any atom is -0.354 e. The smallest absolute Gasteiger partial charge is 0.247 e. The third-order valence-electron chi connectivity index (χ3n) is 5.67. The average molecular weight is 438 g/mol. The van der Waals surface area contributed by atoms with Crippen molar-refractivity contribution in [1.82, 2.24) is 25.2 Å². The molecule has 1 N–H and O–H groups in total. The van der Waals surface area contributed by atoms with Crippen LogP contribution in [0.15, 0.2) is 48.5 Å². The van der Waals surface area contributed by atoms with E-state index in [0.717, 1.165) is 24.8 Å². The van der Waals surface area contributed by atoms with Gasteiger partial charge >= 0.3 is 0 Å². The van der Waals surface area contributed by atoms with Gasteiger partial charge in [-0.3, -0.25) is 9.59 Å². The van der Waals surface area contributed by atoms with E-state index in [9.17, 15) is 14.0 Å². The molecule has 0 radical (unpaired) electrons. The van der Waals surface area contributed by atoms with Gasteiger partial charge in [-0.05, 0) is 55.0 Å². The first-order valence-electron chi connectivity index (χ1n) is 11.1. The molecule has 1 aromatic heterocycles. The van der Waals surface area contributed by atoms with Crippen molar-refractivity contribution in [3.63, 3.8) is 0 Å². The van der Waals surface area contributed by atoms with Crippen LogP contribution in [-0.4, -0.2) is 44.3 Å². The first kappa shape index (κ1) is 21.9. The lowest BCUT2D eigenvalue weighted by Crippen LogP contribution is -2.46. The third kappa shape index (κ3) is 4.95. The molecule has 0 spiro atoms. The van der Waals surface area contributed by atoms with E-state index in [1.807, 2.05) is 24.3 Å². The second kappa shape index (κ2) is 9.46. The quantitative estimate of drug-likeness (QED) is 0.556. The van der Waals surface area contributed by atoms with Crippen LogP contribution in [0.1, 0.15) is 44.7 Å². The number of nitrogens with zero attached hydrogens (tertiary/aromatic N) is 4. The van der Waals surface area contributed by atoms with Crippen molar-refractivity contribution in [2.75, 3.05) is 6.54 Å². The summed E-state index contributed by atoms with van der Waals surface area (Å²) >= 11 is 0. The van der Waals surface area contributed by atoms with E-state index < -0.39 is 6.04 Å². The minimum atomic E-state index is -0.822. The third-order valence-corrected chi connectivity index (χ3v) is 5.67. The maximum absolute atomic E-state index is 13.6. The van der Waals surface area contributed by atoms with Gasteiger partial charge in [0.25, 0.3) is 0 Å². The van der Waals surface area contributed by atoms with E-state index in [0.29, 0.717) is 23.5 Å². The molecule has 1 fully saturated rings. The van der Waals surface area contributed by atoms with Gasteiger partial charge in [0.1, 0.15) is 23.9 Å². The molecule has 0 aliphatic heterocycles. The minimum absolute atomic E-state index is 0.0199. The number of hydrogen-bond acceptors (Lipinski definition) is 4. The molecule has 1 saturated carbocycles. The van der Waals surface area contributed by atoms with Crippen LogP contribution in [0.25, 0.3) is 11.0 Å². The van der Waals surface area contributed by atoms with Crippen LogP contribution in [0.5, 0.6) is 0 Å². The van der Waals surface area contributed by atoms with Crippen LogP contribution in [0, 0.1) is 11.7 Å². The number of carbonyl (C=O) groups is 2. The normalized spacial score (nSPS) is 14.5. The number of para-hydroxylation sites is 1. The number of halogens is 1. The Kier molecular flexibility index (Phi) is 6.48. The van der Waals surface area contributed by atoms with E-state index >= 15 is 0 Å². The summed E-state index contributed by atoms with van der Waals surface area (Å²) in [5.74, 6) is -0.398. The fourth-order valence-corrected chi connectivity index (χ4v) is 3.82. The zero-order valence-electron chi connectivity index (χ0n) is 18.4. The summed E-state index contributed by atoms with van der Waals surface area (Å²) in [7, 11) is 0. The van der Waals surface area contributed by atoms with Crippen LogP contribution in [-0.2, 0) is 16.1 Å². The van der Waals surface area contributed by atoms with Crippen LogP contribution < -0.4 is 5.32 Å². The first-order chi connectivity index (χ1) is 15.4. The molecule has 1 atom stereocenters. The Morgan fingerprint density at radius 2 is 1.88 bits per heavy atom. The zero-order chi connectivity index (χ0) is 22.7. The summed E-state index contributed by atoms with van der Waals surface area (Å²) in [6, 6.07) is 12.4. The molecule has 1 aliphatic rings. The molecule has 7 nitrogen and oxygen atoms in total. The Hall–Kier alpha value is -3.29. The number of benzene rings is 2. The SMILES string of the molecule is CC(C)CCNC(=O)[C@H](c1ccc(F)cc1)N(C(=O)Cn1nnc2ccccc21)C1CC1. The van der Waals surface area contributed by atoms with E-state index in [1.165, 1.54) is 12.1 Å². The Labute approximate surface area is 186 Å². The summed E-state index contributed by atoms with van der Waals surface area (Å²) < 4.78 is 15.1. The first-order valence-corrected chi connectivity index (χ1v) is 11.1. The number of aromatic nitrogens is 3. The molecule has 2 amide bonds. The molecular formula is C24H28FN5O2. The fourth-order valence-electron chi connectivity index (χ4n) is 3.82. The van der Waals surface area contributed by atoms with Gasteiger partial charge in [0.2, 0.25) is 11.8 Å². The summed E-state index contributed by atoms with van der Waals surface area (Å²) in [5.41, 5.74) is 2.06. The Morgan fingerprint density at radius 1 is 1.16 bits per heavy atom. The van der Waals surface area contributed by atoms with Crippen LogP contribution >= 0.6 is 0 Å². The number of hydrogen-bond donors (Lipinski definition) is 1. The Morgan fingerprint density at radius 3 is 2.56 bits per heavy atom. The monoisotopic (exact) mass is 437 g/mol. The number of fused-ring (bicyclic) bond motifs is 1. The van der Waals surface area contributed by atoms with Gasteiger partial charge in [0.05, 0.1) is 5.52 Å². The summed E-state index contributed by atoms with van der Waals surface area (Å²) in [6.45, 7) is 4.68. The van der Waals surface area contributed by atoms with Crippen LogP contribution in [0.3, 0.4) is 0 Å². The van der Waals surface area contributed by atoms with Gasteiger partial charge in [0, 0.05) is 12.6 Å². The highest BCUT2D eigenvalue weighted by Crippen LogP contribution is 2.35. The van der Waals surface area contributed by atoms with E-state index in [1.54, 1.807) is 21.7 Å². The van der Waals surface area contributed by atoms with Gasteiger partial charge in [0.15, 0.2) is 0 Å². The topological polar surface area (TPSA) is 80.1 Å². The van der Waals surface area contributed by atoms with Gasteiger partial charge < -0.3 is 10.2 Å². The van der Waals surface area contributed by atoms with Crippen molar-refractivity contribution >= 4 is 22.8 Å². The van der Waals surface area contributed by atoms with E-state index in [4.69, 9.17) is 0 Å². The molecule has 168 valence electrons. The van der Waals surface area contributed by atoms with E-state index in [-0.39, 0.29) is 30.2 Å². The highest BCUT2D eigenvalue weighted by atomic mass is 19.1. The highest BCUT2D eigenvalue weighted by Gasteiger charge is 2.41. The predicted octanol–water partition coefficient (Wildman–Crippen LogP) is 3.47. The van der Waals surface area contributed by atoms with E-state index in [2.05, 4.69) is 29.5 Å². The maximum Gasteiger partial charge on any atom is 0.247 e. The summed E-state index contributed by atoms with van der Waals surface area (Å²) in [4.78, 5) is 28.4. The lowest BCUT2D eigenvalue weighted by Gasteiger charge is -2.31. The molecule has 1 heterocycles. The number of nitrogens with one attached hydrogen (secondary N) is 1. The van der Waals surface area contributed by atoms with Crippen LogP contribution in [0.4, 0.5) is 4.39 Å². The average Bonchev–Trinajstić information content (AvgIpc) is 3.53. The van der Waals surface area contributed by atoms with Gasteiger partial charge in [-0.1, -0.05) is 43.3 Å². The van der Waals surface area contributed by atoms with Gasteiger partial charge in [-0.15, -0.1) is 5.10 Å². The second-order valence-corrected chi connectivity index (χ2v) is 8.70. The van der Waals surface area contributed by atoms with Crippen molar-refractivity contribution < 1.29 is 14.0 Å². The van der Waals surface area contributed by atoms with Crippen LogP contribution in [0.2, 0.25) is 0 Å². The van der Waals surface area contributed by atoms with Gasteiger partial charge in [-0.25, -0.2) is 9.07 Å². The van der Waals surface area contributed by atoms with Crippen molar-refractivity contribution in [3.05, 3.63) is 59.9 Å². The fraction of sp³-hybridized carbons (Fsp3) is 0.417. The summed E-state index contributed by atoms with van der Waals surface area (Å²) in [6.07, 6.45) is 2.51. The molecule has 0 saturated heterocycles. The predicted molar refractivity (Wildman–Crippen MR) is 119 cm³/mol. The Balaban J connectivity index is 1.62. The summed E-state index contributed by atoms with van der Waals surface area (Å²) in [5, 5.41) is 11.2. The standard InChI is InChI=1S/C24H28FN5O2/c1-16(2)13-14-26-24(32)23(17-7-9-18(25)10-8-17)30(19-11-12-19)22(31)15-29-21-6-4-3-5-20(21)27-28-29/h3-10,16,19,23H,11-15H2,1-2H3,(H,26,32)/t23-/m0/s1. The zero-order valence-corrected chi connectivity index (χ0v) is 18.4. The van der Waals surface area contributed by atoms with Crippen molar-refractivity contribution in [3.8, 4) is 0 Å². The lowest BCUT2D eigenvalue weighted by molar-refractivity contribution is -0.142. The highest BCUT2D eigenvalue weighted by molar-refractivity contribution is 5.89. The number of amides is 2. The molecule has 4 rings (SSSR count). The largest absolute Gasteiger partial charge is 0.354 e. The molecule has 0 unspecified atom stereocenters. The molecule has 2 aromatic carbocycles. The van der Waals surface area contributed by atoms with Gasteiger partial charge in [-0.2, -0.15) is 0 Å². The van der Waals surface area contributed by atoms with Crippen molar-refractivity contribution in [2.24, 2.45) is 5.92 Å². The van der Waals surface area contributed by atoms with Crippen molar-refractivity contribution in [1.29, 1.82) is 0 Å². The number of carbonyl (C=O) groups excluding carboxylic acids is 2. The number of rotatable bonds is 9. The molecule has 3 aromatic rings. The molecule has 32 heavy (non-hydrogen) atoms. The van der Waals surface area contributed by atoms with Crippen molar-refractivity contribution in [2.45, 2.75) is 51.7 Å². The maximum atomic E-state index is 13.6. The molecule has 1 aliphatic carbocycles. The second-order valence-electron chi connectivity index (χ2n) is 8.70. The molecular weight excluding hydrogens is 409 g/mol. The molecule has 8 heteroatoms. The molecule has 0 bridgehead atoms. The lowest BCUT2D eigenvalue weighted by atomic mass is 10.0.